The van der Waals surface area contributed by atoms with Crippen molar-refractivity contribution < 1.29 is 14.3 Å². The molecule has 3 aromatic rings. The van der Waals surface area contributed by atoms with Gasteiger partial charge in [-0.05, 0) is 23.8 Å². The minimum absolute atomic E-state index is 0.0194. The van der Waals surface area contributed by atoms with E-state index in [-0.39, 0.29) is 12.5 Å². The zero-order chi connectivity index (χ0) is 17.8. The molecule has 5 nitrogen and oxygen atoms in total. The van der Waals surface area contributed by atoms with Crippen LogP contribution in [0.3, 0.4) is 0 Å². The SMILES string of the molecule is COc1ccc2c(c1)c(C=O)cn2CC(=O)N(C)Cc1ccccc1. The minimum Gasteiger partial charge on any atom is -0.497 e. The van der Waals surface area contributed by atoms with Gasteiger partial charge in [0.1, 0.15) is 12.3 Å². The summed E-state index contributed by atoms with van der Waals surface area (Å²) in [5.41, 5.74) is 2.46. The third-order valence-electron chi connectivity index (χ3n) is 4.24. The molecule has 0 unspecified atom stereocenters. The fourth-order valence-corrected chi connectivity index (χ4v) is 2.87. The first-order chi connectivity index (χ1) is 12.1. The number of hydrogen-bond acceptors (Lipinski definition) is 3. The first-order valence-electron chi connectivity index (χ1n) is 8.02. The van der Waals surface area contributed by atoms with Crippen LogP contribution in [0.2, 0.25) is 0 Å². The molecule has 0 aliphatic rings. The van der Waals surface area contributed by atoms with Crippen molar-refractivity contribution in [3.8, 4) is 5.75 Å². The van der Waals surface area contributed by atoms with Crippen LogP contribution in [-0.4, -0.2) is 35.8 Å². The van der Waals surface area contributed by atoms with Crippen LogP contribution in [0.5, 0.6) is 5.75 Å². The van der Waals surface area contributed by atoms with Crippen molar-refractivity contribution in [1.82, 2.24) is 9.47 Å². The van der Waals surface area contributed by atoms with Crippen LogP contribution in [0.15, 0.2) is 54.7 Å². The summed E-state index contributed by atoms with van der Waals surface area (Å²) in [5, 5.41) is 0.785. The van der Waals surface area contributed by atoms with Crippen LogP contribution >= 0.6 is 0 Å². The van der Waals surface area contributed by atoms with Crippen LogP contribution in [0, 0.1) is 0 Å². The maximum absolute atomic E-state index is 12.6. The van der Waals surface area contributed by atoms with E-state index in [1.807, 2.05) is 53.1 Å². The van der Waals surface area contributed by atoms with Gasteiger partial charge >= 0.3 is 0 Å². The molecule has 0 spiro atoms. The van der Waals surface area contributed by atoms with E-state index in [1.165, 1.54) is 0 Å². The van der Waals surface area contributed by atoms with Gasteiger partial charge in [0, 0.05) is 36.3 Å². The molecule has 1 heterocycles. The number of rotatable bonds is 6. The van der Waals surface area contributed by atoms with E-state index in [4.69, 9.17) is 4.74 Å². The van der Waals surface area contributed by atoms with Crippen molar-refractivity contribution in [3.05, 3.63) is 65.9 Å². The third-order valence-corrected chi connectivity index (χ3v) is 4.24. The Hall–Kier alpha value is -3.08. The molecule has 0 fully saturated rings. The van der Waals surface area contributed by atoms with E-state index in [2.05, 4.69) is 0 Å². The van der Waals surface area contributed by atoms with Crippen LogP contribution in [0.25, 0.3) is 10.9 Å². The zero-order valence-corrected chi connectivity index (χ0v) is 14.3. The van der Waals surface area contributed by atoms with E-state index in [0.29, 0.717) is 17.9 Å². The average molecular weight is 336 g/mol. The number of fused-ring (bicyclic) bond motifs is 1. The Balaban J connectivity index is 1.82. The fraction of sp³-hybridized carbons (Fsp3) is 0.200. The molecule has 0 radical (unpaired) electrons. The van der Waals surface area contributed by atoms with Gasteiger partial charge in [0.2, 0.25) is 5.91 Å². The third kappa shape index (κ3) is 3.55. The van der Waals surface area contributed by atoms with Crippen molar-refractivity contribution in [2.24, 2.45) is 0 Å². The second kappa shape index (κ2) is 7.21. The average Bonchev–Trinajstić information content (AvgIpc) is 2.99. The zero-order valence-electron chi connectivity index (χ0n) is 14.3. The maximum Gasteiger partial charge on any atom is 0.242 e. The number of nitrogens with zero attached hydrogens (tertiary/aromatic N) is 2. The maximum atomic E-state index is 12.6. The Morgan fingerprint density at radius 2 is 1.96 bits per heavy atom. The largest absolute Gasteiger partial charge is 0.497 e. The number of benzene rings is 2. The fourth-order valence-electron chi connectivity index (χ4n) is 2.87. The lowest BCUT2D eigenvalue weighted by molar-refractivity contribution is -0.131. The van der Waals surface area contributed by atoms with Gasteiger partial charge < -0.3 is 14.2 Å². The molecule has 1 amide bonds. The van der Waals surface area contributed by atoms with E-state index in [0.717, 1.165) is 22.8 Å². The molecule has 0 aliphatic heterocycles. The Labute approximate surface area is 146 Å². The molecule has 1 aromatic heterocycles. The Kier molecular flexibility index (Phi) is 4.84. The number of amides is 1. The van der Waals surface area contributed by atoms with Gasteiger partial charge in [0.05, 0.1) is 7.11 Å². The van der Waals surface area contributed by atoms with Gasteiger partial charge in [-0.3, -0.25) is 9.59 Å². The van der Waals surface area contributed by atoms with Crippen LogP contribution < -0.4 is 4.74 Å². The highest BCUT2D eigenvalue weighted by Gasteiger charge is 2.14. The van der Waals surface area contributed by atoms with Gasteiger partial charge in [0.25, 0.3) is 0 Å². The summed E-state index contributed by atoms with van der Waals surface area (Å²) in [7, 11) is 3.37. The molecule has 0 bridgehead atoms. The summed E-state index contributed by atoms with van der Waals surface area (Å²) in [6, 6.07) is 15.3. The van der Waals surface area contributed by atoms with Gasteiger partial charge in [-0.15, -0.1) is 0 Å². The molecule has 0 saturated heterocycles. The first-order valence-corrected chi connectivity index (χ1v) is 8.02. The molecule has 0 saturated carbocycles. The Morgan fingerprint density at radius 3 is 2.64 bits per heavy atom. The number of carbonyl (C=O) groups excluding carboxylic acids is 2. The van der Waals surface area contributed by atoms with Gasteiger partial charge in [-0.25, -0.2) is 0 Å². The summed E-state index contributed by atoms with van der Waals surface area (Å²) in [5.74, 6) is 0.662. The Morgan fingerprint density at radius 1 is 1.20 bits per heavy atom. The smallest absolute Gasteiger partial charge is 0.242 e. The predicted octanol–water partition coefficient (Wildman–Crippen LogP) is 3.12. The van der Waals surface area contributed by atoms with E-state index < -0.39 is 0 Å². The molecule has 0 N–H and O–H groups in total. The normalized spacial score (nSPS) is 10.6. The molecule has 128 valence electrons. The monoisotopic (exact) mass is 336 g/mol. The molecule has 25 heavy (non-hydrogen) atoms. The molecule has 3 rings (SSSR count). The number of aldehydes is 1. The van der Waals surface area contributed by atoms with Crippen LogP contribution in [0.4, 0.5) is 0 Å². The molecule has 0 aliphatic carbocycles. The number of carbonyl (C=O) groups is 2. The van der Waals surface area contributed by atoms with Gasteiger partial charge in [-0.2, -0.15) is 0 Å². The highest BCUT2D eigenvalue weighted by molar-refractivity contribution is 5.98. The molecule has 5 heteroatoms. The summed E-state index contributed by atoms with van der Waals surface area (Å²) < 4.78 is 7.02. The summed E-state index contributed by atoms with van der Waals surface area (Å²) in [6.07, 6.45) is 2.52. The summed E-state index contributed by atoms with van der Waals surface area (Å²) in [6.45, 7) is 0.729. The van der Waals surface area contributed by atoms with Gasteiger partial charge in [0.15, 0.2) is 6.29 Å². The van der Waals surface area contributed by atoms with E-state index in [9.17, 15) is 9.59 Å². The van der Waals surface area contributed by atoms with Crippen molar-refractivity contribution in [2.45, 2.75) is 13.1 Å². The number of aromatic nitrogens is 1. The predicted molar refractivity (Wildman–Crippen MR) is 96.8 cm³/mol. The minimum atomic E-state index is -0.0194. The van der Waals surface area contributed by atoms with Crippen molar-refractivity contribution in [2.75, 3.05) is 14.2 Å². The standard InChI is InChI=1S/C20H20N2O3/c1-21(11-15-6-4-3-5-7-15)20(24)13-22-12-16(14-23)18-10-17(25-2)8-9-19(18)22/h3-10,12,14H,11,13H2,1-2H3. The van der Waals surface area contributed by atoms with Gasteiger partial charge in [-0.1, -0.05) is 30.3 Å². The first kappa shape index (κ1) is 16.8. The van der Waals surface area contributed by atoms with Crippen molar-refractivity contribution >= 4 is 23.1 Å². The number of hydrogen-bond donors (Lipinski definition) is 0. The number of likely N-dealkylation sites (N-methyl/N-ethyl adjacent to an activating group) is 1. The molecule has 0 atom stereocenters. The lowest BCUT2D eigenvalue weighted by Gasteiger charge is -2.18. The topological polar surface area (TPSA) is 51.5 Å². The molecular weight excluding hydrogens is 316 g/mol. The molecular formula is C20H20N2O3. The lowest BCUT2D eigenvalue weighted by Crippen LogP contribution is -2.29. The molecule has 2 aromatic carbocycles. The van der Waals surface area contributed by atoms with E-state index >= 15 is 0 Å². The van der Waals surface area contributed by atoms with Crippen LogP contribution in [0.1, 0.15) is 15.9 Å². The second-order valence-corrected chi connectivity index (χ2v) is 5.95. The van der Waals surface area contributed by atoms with Crippen LogP contribution in [-0.2, 0) is 17.9 Å². The Bertz CT molecular complexity index is 900. The number of ether oxygens (including phenoxy) is 1. The number of methoxy groups -OCH3 is 1. The summed E-state index contributed by atoms with van der Waals surface area (Å²) >= 11 is 0. The summed E-state index contributed by atoms with van der Waals surface area (Å²) in [4.78, 5) is 25.6. The quantitative estimate of drug-likeness (QED) is 0.650. The van der Waals surface area contributed by atoms with Crippen molar-refractivity contribution in [1.29, 1.82) is 0 Å². The van der Waals surface area contributed by atoms with E-state index in [1.54, 1.807) is 25.3 Å². The lowest BCUT2D eigenvalue weighted by atomic mass is 10.2. The van der Waals surface area contributed by atoms with Crippen molar-refractivity contribution in [3.63, 3.8) is 0 Å². The highest BCUT2D eigenvalue weighted by atomic mass is 16.5. The highest BCUT2D eigenvalue weighted by Crippen LogP contribution is 2.25. The second-order valence-electron chi connectivity index (χ2n) is 5.95.